The Hall–Kier alpha value is -4.09. The molecule has 11 heteroatoms. The summed E-state index contributed by atoms with van der Waals surface area (Å²) in [5.41, 5.74) is 3.70. The van der Waals surface area contributed by atoms with E-state index in [0.29, 0.717) is 23.7 Å². The first-order valence-corrected chi connectivity index (χ1v) is 13.2. The number of ether oxygens (including phenoxy) is 1. The third-order valence-corrected chi connectivity index (χ3v) is 6.24. The SMILES string of the molecule is CCOc1cccc(C(=O)Nc2cccc(CN3CCCN(Cc4cccc(O)c4)CC3)c2)c1.O=C(O)C(F)(F)F. The number of amides is 1. The van der Waals surface area contributed by atoms with Gasteiger partial charge in [-0.15, -0.1) is 0 Å². The highest BCUT2D eigenvalue weighted by molar-refractivity contribution is 6.04. The van der Waals surface area contributed by atoms with Crippen LogP contribution < -0.4 is 10.1 Å². The zero-order chi connectivity index (χ0) is 29.8. The van der Waals surface area contributed by atoms with Gasteiger partial charge in [-0.2, -0.15) is 13.2 Å². The number of carbonyl (C=O) groups is 2. The third kappa shape index (κ3) is 10.8. The number of alkyl halides is 3. The van der Waals surface area contributed by atoms with E-state index >= 15 is 0 Å². The normalized spacial score (nSPS) is 14.3. The zero-order valence-electron chi connectivity index (χ0n) is 22.7. The second-order valence-electron chi connectivity index (χ2n) is 9.49. The monoisotopic (exact) mass is 573 g/mol. The second-order valence-corrected chi connectivity index (χ2v) is 9.49. The largest absolute Gasteiger partial charge is 0.508 e. The molecule has 1 saturated heterocycles. The molecule has 0 aromatic heterocycles. The minimum Gasteiger partial charge on any atom is -0.508 e. The van der Waals surface area contributed by atoms with E-state index in [4.69, 9.17) is 14.6 Å². The lowest BCUT2D eigenvalue weighted by Crippen LogP contribution is -2.30. The van der Waals surface area contributed by atoms with Gasteiger partial charge in [0.25, 0.3) is 5.91 Å². The molecule has 220 valence electrons. The van der Waals surface area contributed by atoms with Gasteiger partial charge in [-0.3, -0.25) is 14.6 Å². The molecule has 0 spiro atoms. The number of halogens is 3. The number of anilines is 1. The van der Waals surface area contributed by atoms with E-state index in [1.165, 1.54) is 5.56 Å². The summed E-state index contributed by atoms with van der Waals surface area (Å²) < 4.78 is 37.2. The molecule has 1 aliphatic rings. The van der Waals surface area contributed by atoms with Crippen LogP contribution in [0.15, 0.2) is 72.8 Å². The molecule has 0 bridgehead atoms. The number of hydrogen-bond donors (Lipinski definition) is 3. The number of rotatable bonds is 8. The van der Waals surface area contributed by atoms with Crippen molar-refractivity contribution in [2.75, 3.05) is 38.1 Å². The number of aliphatic carboxylic acids is 1. The lowest BCUT2D eigenvalue weighted by atomic mass is 10.1. The minimum atomic E-state index is -5.08. The summed E-state index contributed by atoms with van der Waals surface area (Å²) >= 11 is 0. The van der Waals surface area contributed by atoms with Crippen LogP contribution in [0.4, 0.5) is 18.9 Å². The molecule has 1 heterocycles. The van der Waals surface area contributed by atoms with E-state index in [1.807, 2.05) is 43.3 Å². The lowest BCUT2D eigenvalue weighted by Gasteiger charge is -2.22. The summed E-state index contributed by atoms with van der Waals surface area (Å²) in [4.78, 5) is 26.5. The van der Waals surface area contributed by atoms with Gasteiger partial charge >= 0.3 is 12.1 Å². The van der Waals surface area contributed by atoms with Gasteiger partial charge in [0.15, 0.2) is 0 Å². The van der Waals surface area contributed by atoms with Crippen LogP contribution >= 0.6 is 0 Å². The number of carboxylic acid groups (broad SMARTS) is 1. The van der Waals surface area contributed by atoms with Gasteiger partial charge in [0, 0.05) is 37.4 Å². The van der Waals surface area contributed by atoms with Crippen LogP contribution in [0.1, 0.15) is 34.8 Å². The molecule has 0 atom stereocenters. The third-order valence-electron chi connectivity index (χ3n) is 6.24. The fourth-order valence-electron chi connectivity index (χ4n) is 4.36. The first-order valence-electron chi connectivity index (χ1n) is 13.2. The van der Waals surface area contributed by atoms with Crippen molar-refractivity contribution in [1.82, 2.24) is 9.80 Å². The fraction of sp³-hybridized carbons (Fsp3) is 0.333. The Kier molecular flexibility index (Phi) is 11.5. The average molecular weight is 574 g/mol. The highest BCUT2D eigenvalue weighted by atomic mass is 19.4. The van der Waals surface area contributed by atoms with Crippen molar-refractivity contribution < 1.29 is 37.7 Å². The van der Waals surface area contributed by atoms with Gasteiger partial charge in [0.2, 0.25) is 0 Å². The summed E-state index contributed by atoms with van der Waals surface area (Å²) in [5.74, 6) is -1.88. The lowest BCUT2D eigenvalue weighted by molar-refractivity contribution is -0.192. The molecule has 41 heavy (non-hydrogen) atoms. The van der Waals surface area contributed by atoms with E-state index in [-0.39, 0.29) is 5.91 Å². The quantitative estimate of drug-likeness (QED) is 0.332. The van der Waals surface area contributed by atoms with Gasteiger partial charge in [0.05, 0.1) is 6.61 Å². The van der Waals surface area contributed by atoms with Crippen molar-refractivity contribution >= 4 is 17.6 Å². The first kappa shape index (κ1) is 31.4. The zero-order valence-corrected chi connectivity index (χ0v) is 22.7. The van der Waals surface area contributed by atoms with Crippen LogP contribution in [0.2, 0.25) is 0 Å². The number of carboxylic acids is 1. The van der Waals surface area contributed by atoms with E-state index in [9.17, 15) is 23.1 Å². The summed E-state index contributed by atoms with van der Waals surface area (Å²) in [6, 6.07) is 22.8. The predicted molar refractivity (Wildman–Crippen MR) is 149 cm³/mol. The van der Waals surface area contributed by atoms with Crippen LogP contribution in [0.5, 0.6) is 11.5 Å². The van der Waals surface area contributed by atoms with E-state index < -0.39 is 12.1 Å². The Morgan fingerprint density at radius 3 is 2.05 bits per heavy atom. The molecule has 1 amide bonds. The van der Waals surface area contributed by atoms with Gasteiger partial charge in [0.1, 0.15) is 11.5 Å². The molecule has 3 aromatic carbocycles. The predicted octanol–water partition coefficient (Wildman–Crippen LogP) is 5.38. The van der Waals surface area contributed by atoms with Crippen LogP contribution in [-0.4, -0.2) is 70.9 Å². The molecule has 3 N–H and O–H groups in total. The molecule has 3 aromatic rings. The molecule has 1 fully saturated rings. The standard InChI is InChI=1S/C28H33N3O3.C2HF3O2/c1-2-34-27-12-5-9-24(19-27)28(33)29-25-10-3-7-22(17-25)20-30-13-6-14-31(16-15-30)21-23-8-4-11-26(32)18-23;3-2(4,5)1(6)7/h3-5,7-12,17-19,32H,2,6,13-16,20-21H2,1H3,(H,29,33);(H,6,7). The maximum absolute atomic E-state index is 12.7. The summed E-state index contributed by atoms with van der Waals surface area (Å²) in [6.45, 7) is 8.26. The Morgan fingerprint density at radius 1 is 0.878 bits per heavy atom. The Labute approximate surface area is 237 Å². The van der Waals surface area contributed by atoms with Gasteiger partial charge < -0.3 is 20.3 Å². The van der Waals surface area contributed by atoms with Crippen molar-refractivity contribution in [3.05, 3.63) is 89.5 Å². The summed E-state index contributed by atoms with van der Waals surface area (Å²) in [6.07, 6.45) is -3.98. The van der Waals surface area contributed by atoms with E-state index in [2.05, 4.69) is 33.3 Å². The molecule has 4 rings (SSSR count). The number of carbonyl (C=O) groups excluding carboxylic acids is 1. The van der Waals surface area contributed by atoms with E-state index in [1.54, 1.807) is 18.2 Å². The highest BCUT2D eigenvalue weighted by Crippen LogP contribution is 2.19. The number of benzene rings is 3. The van der Waals surface area contributed by atoms with Crippen molar-refractivity contribution in [2.24, 2.45) is 0 Å². The number of nitrogens with zero attached hydrogens (tertiary/aromatic N) is 2. The summed E-state index contributed by atoms with van der Waals surface area (Å²) in [7, 11) is 0. The van der Waals surface area contributed by atoms with E-state index in [0.717, 1.165) is 56.9 Å². The van der Waals surface area contributed by atoms with Crippen molar-refractivity contribution in [3.8, 4) is 11.5 Å². The maximum atomic E-state index is 12.7. The molecule has 8 nitrogen and oxygen atoms in total. The Balaban J connectivity index is 0.000000587. The smallest absolute Gasteiger partial charge is 0.490 e. The molecule has 1 aliphatic heterocycles. The highest BCUT2D eigenvalue weighted by Gasteiger charge is 2.38. The van der Waals surface area contributed by atoms with Crippen molar-refractivity contribution in [2.45, 2.75) is 32.6 Å². The number of hydrogen-bond acceptors (Lipinski definition) is 6. The molecule has 0 aliphatic carbocycles. The van der Waals surface area contributed by atoms with Crippen molar-refractivity contribution in [1.29, 1.82) is 0 Å². The Bertz CT molecular complexity index is 1300. The van der Waals surface area contributed by atoms with Crippen LogP contribution in [0.3, 0.4) is 0 Å². The fourth-order valence-corrected chi connectivity index (χ4v) is 4.36. The second kappa shape index (κ2) is 15.1. The first-order chi connectivity index (χ1) is 19.5. The maximum Gasteiger partial charge on any atom is 0.490 e. The van der Waals surface area contributed by atoms with Gasteiger partial charge in [-0.25, -0.2) is 4.79 Å². The molecular weight excluding hydrogens is 539 g/mol. The molecular formula is C30H34F3N3O5. The number of phenols is 1. The Morgan fingerprint density at radius 2 is 1.46 bits per heavy atom. The van der Waals surface area contributed by atoms with Crippen molar-refractivity contribution in [3.63, 3.8) is 0 Å². The number of aromatic hydroxyl groups is 1. The van der Waals surface area contributed by atoms with Crippen LogP contribution in [0.25, 0.3) is 0 Å². The van der Waals surface area contributed by atoms with Gasteiger partial charge in [-0.1, -0.05) is 30.3 Å². The average Bonchev–Trinajstić information content (AvgIpc) is 3.14. The molecule has 0 saturated carbocycles. The summed E-state index contributed by atoms with van der Waals surface area (Å²) in [5, 5.41) is 19.9. The topological polar surface area (TPSA) is 102 Å². The van der Waals surface area contributed by atoms with Gasteiger partial charge in [-0.05, 0) is 80.0 Å². The van der Waals surface area contributed by atoms with Crippen LogP contribution in [0, 0.1) is 0 Å². The van der Waals surface area contributed by atoms with Crippen LogP contribution in [-0.2, 0) is 17.9 Å². The molecule has 0 radical (unpaired) electrons. The molecule has 0 unspecified atom stereocenters. The minimum absolute atomic E-state index is 0.143. The number of nitrogens with one attached hydrogen (secondary N) is 1. The number of phenolic OH excluding ortho intramolecular Hbond substituents is 1.